The van der Waals surface area contributed by atoms with Crippen LogP contribution < -0.4 is 10.6 Å². The first-order valence-corrected chi connectivity index (χ1v) is 9.06. The molecular formula is C21H23N3O2. The van der Waals surface area contributed by atoms with E-state index in [-0.39, 0.29) is 5.91 Å². The number of amides is 2. The quantitative estimate of drug-likeness (QED) is 0.926. The molecule has 1 fully saturated rings. The number of benzene rings is 2. The highest BCUT2D eigenvalue weighted by Crippen LogP contribution is 2.34. The van der Waals surface area contributed by atoms with Gasteiger partial charge >= 0.3 is 0 Å². The molecule has 2 aliphatic rings. The van der Waals surface area contributed by atoms with Gasteiger partial charge < -0.3 is 15.5 Å². The molecule has 26 heavy (non-hydrogen) atoms. The highest BCUT2D eigenvalue weighted by molar-refractivity contribution is 6.16. The van der Waals surface area contributed by atoms with Crippen LogP contribution in [0.2, 0.25) is 0 Å². The maximum absolute atomic E-state index is 13.0. The SMILES string of the molecule is CN1CCC(c2cccc(N3Cc4cccc(C(N)=O)c4C3=O)c2)CC1. The first-order chi connectivity index (χ1) is 12.5. The number of fused-ring (bicyclic) bond motifs is 1. The number of hydrogen-bond donors (Lipinski definition) is 1. The summed E-state index contributed by atoms with van der Waals surface area (Å²) in [6, 6.07) is 13.6. The Morgan fingerprint density at radius 1 is 1.12 bits per heavy atom. The Morgan fingerprint density at radius 2 is 1.85 bits per heavy atom. The highest BCUT2D eigenvalue weighted by Gasteiger charge is 2.32. The Hall–Kier alpha value is -2.66. The third-order valence-electron chi connectivity index (χ3n) is 5.58. The van der Waals surface area contributed by atoms with Gasteiger partial charge in [0.05, 0.1) is 17.7 Å². The van der Waals surface area contributed by atoms with Crippen molar-refractivity contribution in [2.45, 2.75) is 25.3 Å². The molecular weight excluding hydrogens is 326 g/mol. The maximum Gasteiger partial charge on any atom is 0.259 e. The first kappa shape index (κ1) is 16.8. The lowest BCUT2D eigenvalue weighted by Crippen LogP contribution is -2.29. The summed E-state index contributed by atoms with van der Waals surface area (Å²) in [7, 11) is 2.16. The van der Waals surface area contributed by atoms with Crippen molar-refractivity contribution in [2.24, 2.45) is 5.73 Å². The number of carbonyl (C=O) groups excluding carboxylic acids is 2. The van der Waals surface area contributed by atoms with Crippen LogP contribution in [0.3, 0.4) is 0 Å². The smallest absolute Gasteiger partial charge is 0.259 e. The summed E-state index contributed by atoms with van der Waals surface area (Å²) in [5, 5.41) is 0. The van der Waals surface area contributed by atoms with E-state index in [1.54, 1.807) is 17.0 Å². The minimum atomic E-state index is -0.558. The molecule has 0 bridgehead atoms. The molecule has 0 radical (unpaired) electrons. The molecule has 0 saturated carbocycles. The van der Waals surface area contributed by atoms with Crippen molar-refractivity contribution in [2.75, 3.05) is 25.0 Å². The van der Waals surface area contributed by atoms with E-state index in [9.17, 15) is 9.59 Å². The Balaban J connectivity index is 1.63. The van der Waals surface area contributed by atoms with Gasteiger partial charge in [0.15, 0.2) is 0 Å². The number of nitrogens with two attached hydrogens (primary N) is 1. The van der Waals surface area contributed by atoms with E-state index in [1.807, 2.05) is 18.2 Å². The fraction of sp³-hybridized carbons (Fsp3) is 0.333. The number of primary amides is 1. The second kappa shape index (κ2) is 6.57. The summed E-state index contributed by atoms with van der Waals surface area (Å²) < 4.78 is 0. The molecule has 2 aromatic rings. The van der Waals surface area contributed by atoms with Gasteiger partial charge in [0, 0.05) is 5.69 Å². The van der Waals surface area contributed by atoms with Gasteiger partial charge in [-0.05, 0) is 68.2 Å². The van der Waals surface area contributed by atoms with Gasteiger partial charge in [-0.15, -0.1) is 0 Å². The lowest BCUT2D eigenvalue weighted by molar-refractivity contribution is 0.0967. The standard InChI is InChI=1S/C21H23N3O2/c1-23-10-8-14(9-11-23)15-4-2-6-17(12-15)24-13-16-5-3-7-18(20(22)25)19(16)21(24)26/h2-7,12,14H,8-11,13H2,1H3,(H2,22,25). The second-order valence-corrected chi connectivity index (χ2v) is 7.27. The number of rotatable bonds is 3. The van der Waals surface area contributed by atoms with Crippen LogP contribution in [0.25, 0.3) is 0 Å². The van der Waals surface area contributed by atoms with E-state index in [0.29, 0.717) is 23.6 Å². The zero-order chi connectivity index (χ0) is 18.3. The minimum absolute atomic E-state index is 0.144. The molecule has 2 amide bonds. The van der Waals surface area contributed by atoms with Gasteiger partial charge in [-0.1, -0.05) is 24.3 Å². The molecule has 2 aliphatic heterocycles. The molecule has 4 rings (SSSR count). The van der Waals surface area contributed by atoms with E-state index in [1.165, 1.54) is 5.56 Å². The van der Waals surface area contributed by atoms with Gasteiger partial charge in [-0.3, -0.25) is 9.59 Å². The molecule has 5 heteroatoms. The number of nitrogens with zero attached hydrogens (tertiary/aromatic N) is 2. The van der Waals surface area contributed by atoms with Crippen LogP contribution in [0.1, 0.15) is 50.6 Å². The Kier molecular flexibility index (Phi) is 4.24. The number of hydrogen-bond acceptors (Lipinski definition) is 3. The van der Waals surface area contributed by atoms with Crippen LogP contribution in [0, 0.1) is 0 Å². The molecule has 5 nitrogen and oxygen atoms in total. The van der Waals surface area contributed by atoms with Gasteiger partial charge in [0.2, 0.25) is 5.91 Å². The van der Waals surface area contributed by atoms with E-state index in [0.717, 1.165) is 37.2 Å². The normalized spacial score (nSPS) is 18.2. The average molecular weight is 349 g/mol. The zero-order valence-corrected chi connectivity index (χ0v) is 14.9. The topological polar surface area (TPSA) is 66.6 Å². The van der Waals surface area contributed by atoms with Crippen molar-refractivity contribution in [1.29, 1.82) is 0 Å². The van der Waals surface area contributed by atoms with E-state index >= 15 is 0 Å². The predicted molar refractivity (Wildman–Crippen MR) is 101 cm³/mol. The monoisotopic (exact) mass is 349 g/mol. The van der Waals surface area contributed by atoms with Crippen molar-refractivity contribution in [3.63, 3.8) is 0 Å². The minimum Gasteiger partial charge on any atom is -0.366 e. The van der Waals surface area contributed by atoms with Crippen molar-refractivity contribution in [1.82, 2.24) is 4.90 Å². The van der Waals surface area contributed by atoms with Gasteiger partial charge in [0.25, 0.3) is 5.91 Å². The van der Waals surface area contributed by atoms with Crippen LogP contribution >= 0.6 is 0 Å². The molecule has 0 aliphatic carbocycles. The molecule has 0 atom stereocenters. The Bertz CT molecular complexity index is 869. The Labute approximate surface area is 153 Å². The zero-order valence-electron chi connectivity index (χ0n) is 14.9. The number of piperidine rings is 1. The predicted octanol–water partition coefficient (Wildman–Crippen LogP) is 2.76. The summed E-state index contributed by atoms with van der Waals surface area (Å²) >= 11 is 0. The number of carbonyl (C=O) groups is 2. The van der Waals surface area contributed by atoms with E-state index in [4.69, 9.17) is 5.73 Å². The van der Waals surface area contributed by atoms with Crippen LogP contribution in [0.15, 0.2) is 42.5 Å². The lowest BCUT2D eigenvalue weighted by atomic mass is 9.89. The van der Waals surface area contributed by atoms with E-state index < -0.39 is 5.91 Å². The van der Waals surface area contributed by atoms with Gasteiger partial charge in [-0.2, -0.15) is 0 Å². The summed E-state index contributed by atoms with van der Waals surface area (Å²) in [5.41, 5.74) is 9.24. The van der Waals surface area contributed by atoms with Gasteiger partial charge in [-0.25, -0.2) is 0 Å². The van der Waals surface area contributed by atoms with Crippen LogP contribution in [0.5, 0.6) is 0 Å². The average Bonchev–Trinajstić information content (AvgIpc) is 2.99. The van der Waals surface area contributed by atoms with Crippen LogP contribution in [-0.4, -0.2) is 36.9 Å². The largest absolute Gasteiger partial charge is 0.366 e. The third kappa shape index (κ3) is 2.88. The molecule has 134 valence electrons. The summed E-state index contributed by atoms with van der Waals surface area (Å²) in [4.78, 5) is 28.7. The second-order valence-electron chi connectivity index (χ2n) is 7.27. The molecule has 0 spiro atoms. The molecule has 2 N–H and O–H groups in total. The summed E-state index contributed by atoms with van der Waals surface area (Å²) in [6.45, 7) is 2.68. The Morgan fingerprint density at radius 3 is 2.58 bits per heavy atom. The molecule has 2 heterocycles. The first-order valence-electron chi connectivity index (χ1n) is 9.06. The highest BCUT2D eigenvalue weighted by atomic mass is 16.2. The molecule has 0 aromatic heterocycles. The fourth-order valence-corrected chi connectivity index (χ4v) is 4.06. The lowest BCUT2D eigenvalue weighted by Gasteiger charge is -2.29. The molecule has 2 aromatic carbocycles. The number of anilines is 1. The third-order valence-corrected chi connectivity index (χ3v) is 5.58. The maximum atomic E-state index is 13.0. The van der Waals surface area contributed by atoms with Crippen LogP contribution in [-0.2, 0) is 6.54 Å². The van der Waals surface area contributed by atoms with Crippen LogP contribution in [0.4, 0.5) is 5.69 Å². The van der Waals surface area contributed by atoms with Crippen molar-refractivity contribution < 1.29 is 9.59 Å². The molecule has 1 saturated heterocycles. The summed E-state index contributed by atoms with van der Waals surface area (Å²) in [6.07, 6.45) is 2.28. The fourth-order valence-electron chi connectivity index (χ4n) is 4.06. The van der Waals surface area contributed by atoms with Crippen molar-refractivity contribution in [3.8, 4) is 0 Å². The van der Waals surface area contributed by atoms with Gasteiger partial charge in [0.1, 0.15) is 0 Å². The van der Waals surface area contributed by atoms with Crippen molar-refractivity contribution in [3.05, 3.63) is 64.7 Å². The summed E-state index contributed by atoms with van der Waals surface area (Å²) in [5.74, 6) is -0.167. The van der Waals surface area contributed by atoms with Crippen molar-refractivity contribution >= 4 is 17.5 Å². The number of likely N-dealkylation sites (tertiary alicyclic amines) is 1. The van der Waals surface area contributed by atoms with E-state index in [2.05, 4.69) is 24.1 Å². The molecule has 0 unspecified atom stereocenters.